The maximum Gasteiger partial charge on any atom is 0.269 e. The first-order valence-corrected chi connectivity index (χ1v) is 9.32. The molecule has 0 saturated carbocycles. The van der Waals surface area contributed by atoms with Crippen molar-refractivity contribution in [1.82, 2.24) is 15.2 Å². The SMILES string of the molecule is Cc1[nH]nc2c1C(c1cccc([N+](=O)[O-])c1)c1c(nc3c(c1N)CCCC3)O2. The lowest BCUT2D eigenvalue weighted by molar-refractivity contribution is -0.384. The number of anilines is 1. The van der Waals surface area contributed by atoms with Crippen molar-refractivity contribution in [1.29, 1.82) is 0 Å². The van der Waals surface area contributed by atoms with Gasteiger partial charge in [-0.05, 0) is 43.7 Å². The number of hydrogen-bond acceptors (Lipinski definition) is 6. The first-order valence-electron chi connectivity index (χ1n) is 9.32. The topological polar surface area (TPSA) is 120 Å². The van der Waals surface area contributed by atoms with E-state index in [0.717, 1.165) is 59.3 Å². The number of benzene rings is 1. The summed E-state index contributed by atoms with van der Waals surface area (Å²) in [5, 5.41) is 18.6. The molecule has 8 heteroatoms. The summed E-state index contributed by atoms with van der Waals surface area (Å²) < 4.78 is 6.01. The second-order valence-corrected chi connectivity index (χ2v) is 7.33. The Labute approximate surface area is 160 Å². The molecule has 1 atom stereocenters. The standard InChI is InChI=1S/C20H19N5O3/c1-10-15-16(11-5-4-6-12(9-11)25(26)27)17-18(21)13-7-2-3-8-14(13)22-19(17)28-20(15)24-23-10/h4-6,9,16H,2-3,7-8H2,1H3,(H2,21,22)(H,23,24). The zero-order valence-corrected chi connectivity index (χ0v) is 15.4. The predicted octanol–water partition coefficient (Wildman–Crippen LogP) is 3.77. The number of pyridine rings is 1. The van der Waals surface area contributed by atoms with Crippen LogP contribution in [0.1, 0.15) is 52.4 Å². The van der Waals surface area contributed by atoms with Gasteiger partial charge in [0.15, 0.2) is 0 Å². The molecule has 1 aliphatic heterocycles. The molecule has 2 aromatic heterocycles. The van der Waals surface area contributed by atoms with E-state index >= 15 is 0 Å². The molecule has 3 aromatic rings. The lowest BCUT2D eigenvalue weighted by Gasteiger charge is -2.29. The van der Waals surface area contributed by atoms with Crippen LogP contribution < -0.4 is 10.5 Å². The molecule has 1 aliphatic carbocycles. The monoisotopic (exact) mass is 377 g/mol. The van der Waals surface area contributed by atoms with Crippen LogP contribution in [-0.4, -0.2) is 20.1 Å². The Hall–Kier alpha value is -3.42. The van der Waals surface area contributed by atoms with Gasteiger partial charge in [0.25, 0.3) is 5.69 Å². The number of nitrogens with two attached hydrogens (primary N) is 1. The molecule has 1 aromatic carbocycles. The van der Waals surface area contributed by atoms with E-state index in [1.165, 1.54) is 6.07 Å². The minimum atomic E-state index is -0.388. The predicted molar refractivity (Wildman–Crippen MR) is 103 cm³/mol. The largest absolute Gasteiger partial charge is 0.418 e. The Morgan fingerprint density at radius 2 is 2.07 bits per heavy atom. The van der Waals surface area contributed by atoms with Crippen molar-refractivity contribution in [2.75, 3.05) is 5.73 Å². The van der Waals surface area contributed by atoms with E-state index < -0.39 is 0 Å². The van der Waals surface area contributed by atoms with Crippen molar-refractivity contribution in [3.63, 3.8) is 0 Å². The second-order valence-electron chi connectivity index (χ2n) is 7.33. The fraction of sp³-hybridized carbons (Fsp3) is 0.300. The van der Waals surface area contributed by atoms with Crippen LogP contribution in [0.5, 0.6) is 11.8 Å². The summed E-state index contributed by atoms with van der Waals surface area (Å²) in [6.45, 7) is 1.91. The van der Waals surface area contributed by atoms with Crippen LogP contribution >= 0.6 is 0 Å². The summed E-state index contributed by atoms with van der Waals surface area (Å²) in [4.78, 5) is 15.7. The molecule has 0 fully saturated rings. The molecule has 1 unspecified atom stereocenters. The van der Waals surface area contributed by atoms with Crippen molar-refractivity contribution < 1.29 is 9.66 Å². The third-order valence-corrected chi connectivity index (χ3v) is 5.67. The van der Waals surface area contributed by atoms with Crippen molar-refractivity contribution in [3.8, 4) is 11.8 Å². The van der Waals surface area contributed by atoms with Gasteiger partial charge in [-0.2, -0.15) is 0 Å². The Bertz CT molecular complexity index is 1120. The highest BCUT2D eigenvalue weighted by Gasteiger charge is 2.37. The molecule has 0 spiro atoms. The Balaban J connectivity index is 1.78. The third kappa shape index (κ3) is 2.37. The maximum absolute atomic E-state index is 11.3. The first kappa shape index (κ1) is 16.7. The quantitative estimate of drug-likeness (QED) is 0.405. The molecule has 0 saturated heterocycles. The number of nitrogens with one attached hydrogen (secondary N) is 1. The minimum absolute atomic E-state index is 0.0396. The van der Waals surface area contributed by atoms with Gasteiger partial charge in [0, 0.05) is 40.7 Å². The van der Waals surface area contributed by atoms with E-state index in [-0.39, 0.29) is 16.5 Å². The van der Waals surface area contributed by atoms with Crippen LogP contribution in [0.3, 0.4) is 0 Å². The van der Waals surface area contributed by atoms with Crippen molar-refractivity contribution >= 4 is 11.4 Å². The van der Waals surface area contributed by atoms with Crippen molar-refractivity contribution in [2.24, 2.45) is 0 Å². The summed E-state index contributed by atoms with van der Waals surface area (Å²) in [6, 6.07) is 6.65. The lowest BCUT2D eigenvalue weighted by Crippen LogP contribution is -2.19. The number of nitro benzene ring substituents is 1. The molecule has 0 amide bonds. The van der Waals surface area contributed by atoms with Gasteiger partial charge in [0.2, 0.25) is 11.8 Å². The number of nitro groups is 1. The maximum atomic E-state index is 11.3. The van der Waals surface area contributed by atoms with Gasteiger partial charge in [-0.15, -0.1) is 5.10 Å². The molecular weight excluding hydrogens is 358 g/mol. The number of aryl methyl sites for hydroxylation is 2. The number of H-pyrrole nitrogens is 1. The smallest absolute Gasteiger partial charge is 0.269 e. The molecule has 0 bridgehead atoms. The van der Waals surface area contributed by atoms with Crippen LogP contribution in [0.25, 0.3) is 0 Å². The highest BCUT2D eigenvalue weighted by molar-refractivity contribution is 5.69. The summed E-state index contributed by atoms with van der Waals surface area (Å²) >= 11 is 0. The molecule has 3 heterocycles. The summed E-state index contributed by atoms with van der Waals surface area (Å²) in [5.41, 5.74) is 12.7. The highest BCUT2D eigenvalue weighted by atomic mass is 16.6. The molecule has 142 valence electrons. The van der Waals surface area contributed by atoms with Crippen molar-refractivity contribution in [3.05, 3.63) is 68.0 Å². The lowest BCUT2D eigenvalue weighted by atomic mass is 9.81. The van der Waals surface area contributed by atoms with Gasteiger partial charge < -0.3 is 10.5 Å². The number of ether oxygens (including phenoxy) is 1. The number of aromatic nitrogens is 3. The Morgan fingerprint density at radius 3 is 2.89 bits per heavy atom. The number of hydrogen-bond donors (Lipinski definition) is 2. The molecule has 8 nitrogen and oxygen atoms in total. The van der Waals surface area contributed by atoms with Gasteiger partial charge >= 0.3 is 0 Å². The number of nitrogen functional groups attached to an aromatic ring is 1. The minimum Gasteiger partial charge on any atom is -0.418 e. The second kappa shape index (κ2) is 6.05. The van der Waals surface area contributed by atoms with Gasteiger partial charge in [-0.25, -0.2) is 4.98 Å². The zero-order valence-electron chi connectivity index (χ0n) is 15.4. The van der Waals surface area contributed by atoms with E-state index in [2.05, 4.69) is 10.2 Å². The van der Waals surface area contributed by atoms with Gasteiger partial charge in [0.1, 0.15) is 0 Å². The van der Waals surface area contributed by atoms with Gasteiger partial charge in [-0.3, -0.25) is 15.2 Å². The molecule has 0 radical (unpaired) electrons. The number of non-ortho nitro benzene ring substituents is 1. The zero-order chi connectivity index (χ0) is 19.4. The van der Waals surface area contributed by atoms with Crippen LogP contribution in [0.2, 0.25) is 0 Å². The van der Waals surface area contributed by atoms with Gasteiger partial charge in [0.05, 0.1) is 10.5 Å². The van der Waals surface area contributed by atoms with E-state index in [1.54, 1.807) is 12.1 Å². The fourth-order valence-corrected chi connectivity index (χ4v) is 4.34. The number of fused-ring (bicyclic) bond motifs is 3. The highest BCUT2D eigenvalue weighted by Crippen LogP contribution is 2.51. The van der Waals surface area contributed by atoms with E-state index in [0.29, 0.717) is 17.4 Å². The fourth-order valence-electron chi connectivity index (χ4n) is 4.34. The first-order chi connectivity index (χ1) is 13.5. The molecule has 5 rings (SSSR count). The summed E-state index contributed by atoms with van der Waals surface area (Å²) in [7, 11) is 0. The van der Waals surface area contributed by atoms with Crippen LogP contribution in [0.15, 0.2) is 24.3 Å². The van der Waals surface area contributed by atoms with E-state index in [1.807, 2.05) is 13.0 Å². The molecule has 2 aliphatic rings. The number of rotatable bonds is 2. The summed E-state index contributed by atoms with van der Waals surface area (Å²) in [5.74, 6) is 0.579. The Morgan fingerprint density at radius 1 is 1.25 bits per heavy atom. The Kier molecular flexibility index (Phi) is 3.61. The van der Waals surface area contributed by atoms with Crippen LogP contribution in [0, 0.1) is 17.0 Å². The molecule has 28 heavy (non-hydrogen) atoms. The average Bonchev–Trinajstić information content (AvgIpc) is 3.07. The van der Waals surface area contributed by atoms with E-state index in [9.17, 15) is 10.1 Å². The van der Waals surface area contributed by atoms with Crippen molar-refractivity contribution in [2.45, 2.75) is 38.5 Å². The number of nitrogens with zero attached hydrogens (tertiary/aromatic N) is 3. The van der Waals surface area contributed by atoms with E-state index in [4.69, 9.17) is 15.5 Å². The molecule has 3 N–H and O–H groups in total. The van der Waals surface area contributed by atoms with Crippen LogP contribution in [-0.2, 0) is 12.8 Å². The average molecular weight is 377 g/mol. The number of aromatic amines is 1. The summed E-state index contributed by atoms with van der Waals surface area (Å²) in [6.07, 6.45) is 3.93. The van der Waals surface area contributed by atoms with Crippen LogP contribution in [0.4, 0.5) is 11.4 Å². The normalized spacial score (nSPS) is 17.2. The molecular formula is C20H19N5O3. The third-order valence-electron chi connectivity index (χ3n) is 5.67. The van der Waals surface area contributed by atoms with Gasteiger partial charge in [-0.1, -0.05) is 12.1 Å².